The van der Waals surface area contributed by atoms with Crippen LogP contribution in [-0.2, 0) is 11.3 Å². The van der Waals surface area contributed by atoms with Crippen molar-refractivity contribution in [2.75, 3.05) is 19.7 Å². The van der Waals surface area contributed by atoms with Crippen molar-refractivity contribution in [1.29, 1.82) is 0 Å². The van der Waals surface area contributed by atoms with E-state index in [1.165, 1.54) is 18.2 Å². The standard InChI is InChI=1S/C22H26FN3O3/c1-15-12-26(16(2)11-25(15)13-17-6-8-19(23)9-7-17)21(27)14-29-20-5-3-4-18(10-20)22(24)28/h3-10,15-16H,11-14H2,1-2H3,(H2,24,28)/t15-,16+/m0/s1. The zero-order chi connectivity index (χ0) is 21.0. The number of piperazine rings is 1. The summed E-state index contributed by atoms with van der Waals surface area (Å²) in [5, 5.41) is 0. The first-order chi connectivity index (χ1) is 13.8. The average molecular weight is 399 g/mol. The van der Waals surface area contributed by atoms with Crippen molar-refractivity contribution in [1.82, 2.24) is 9.80 Å². The minimum absolute atomic E-state index is 0.0275. The van der Waals surface area contributed by atoms with Crippen molar-refractivity contribution >= 4 is 11.8 Å². The van der Waals surface area contributed by atoms with E-state index in [1.54, 1.807) is 30.3 Å². The second-order valence-electron chi connectivity index (χ2n) is 7.48. The van der Waals surface area contributed by atoms with E-state index >= 15 is 0 Å². The Balaban J connectivity index is 1.56. The van der Waals surface area contributed by atoms with E-state index in [1.807, 2.05) is 11.8 Å². The Kier molecular flexibility index (Phi) is 6.49. The summed E-state index contributed by atoms with van der Waals surface area (Å²) in [6, 6.07) is 13.2. The number of nitrogens with two attached hydrogens (primary N) is 1. The fourth-order valence-corrected chi connectivity index (χ4v) is 3.56. The first-order valence-electron chi connectivity index (χ1n) is 9.64. The van der Waals surface area contributed by atoms with E-state index in [0.717, 1.165) is 12.1 Å². The van der Waals surface area contributed by atoms with E-state index in [4.69, 9.17) is 10.5 Å². The summed E-state index contributed by atoms with van der Waals surface area (Å²) < 4.78 is 18.7. The molecule has 0 aliphatic carbocycles. The van der Waals surface area contributed by atoms with Crippen LogP contribution in [0.1, 0.15) is 29.8 Å². The third-order valence-electron chi connectivity index (χ3n) is 5.22. The molecular weight excluding hydrogens is 373 g/mol. The number of benzene rings is 2. The van der Waals surface area contributed by atoms with Crippen LogP contribution in [0.5, 0.6) is 5.75 Å². The molecule has 0 unspecified atom stereocenters. The number of hydrogen-bond acceptors (Lipinski definition) is 4. The summed E-state index contributed by atoms with van der Waals surface area (Å²) in [6.07, 6.45) is 0. The SMILES string of the molecule is C[C@@H]1CN(Cc2ccc(F)cc2)[C@@H](C)CN1C(=O)COc1cccc(C(N)=O)c1. The van der Waals surface area contributed by atoms with Crippen LogP contribution in [0.15, 0.2) is 48.5 Å². The van der Waals surface area contributed by atoms with Crippen molar-refractivity contribution in [3.8, 4) is 5.75 Å². The number of primary amides is 1. The number of carbonyl (C=O) groups is 2. The lowest BCUT2D eigenvalue weighted by molar-refractivity contribution is -0.139. The minimum Gasteiger partial charge on any atom is -0.484 e. The molecule has 2 aromatic rings. The molecule has 0 saturated carbocycles. The van der Waals surface area contributed by atoms with Gasteiger partial charge < -0.3 is 15.4 Å². The third-order valence-corrected chi connectivity index (χ3v) is 5.22. The van der Waals surface area contributed by atoms with Crippen LogP contribution in [-0.4, -0.2) is 53.4 Å². The Morgan fingerprint density at radius 2 is 1.83 bits per heavy atom. The Morgan fingerprint density at radius 3 is 2.52 bits per heavy atom. The molecule has 3 rings (SSSR count). The van der Waals surface area contributed by atoms with Gasteiger partial charge in [-0.05, 0) is 49.7 Å². The molecular formula is C22H26FN3O3. The lowest BCUT2D eigenvalue weighted by atomic mass is 10.1. The molecule has 0 bridgehead atoms. The van der Waals surface area contributed by atoms with Gasteiger partial charge in [0.1, 0.15) is 11.6 Å². The van der Waals surface area contributed by atoms with Gasteiger partial charge in [-0.2, -0.15) is 0 Å². The molecule has 2 amide bonds. The Bertz CT molecular complexity index is 872. The third kappa shape index (κ3) is 5.32. The van der Waals surface area contributed by atoms with E-state index < -0.39 is 5.91 Å². The molecule has 1 saturated heterocycles. The van der Waals surface area contributed by atoms with Gasteiger partial charge in [0.15, 0.2) is 6.61 Å². The largest absolute Gasteiger partial charge is 0.484 e. The second kappa shape index (κ2) is 9.05. The normalized spacial score (nSPS) is 19.8. The van der Waals surface area contributed by atoms with E-state index in [9.17, 15) is 14.0 Å². The van der Waals surface area contributed by atoms with E-state index in [0.29, 0.717) is 24.4 Å². The maximum absolute atomic E-state index is 13.1. The number of halogens is 1. The summed E-state index contributed by atoms with van der Waals surface area (Å²) in [5.41, 5.74) is 6.66. The highest BCUT2D eigenvalue weighted by molar-refractivity contribution is 5.93. The molecule has 2 atom stereocenters. The Hall–Kier alpha value is -2.93. The lowest BCUT2D eigenvalue weighted by Crippen LogP contribution is -2.58. The van der Waals surface area contributed by atoms with Gasteiger partial charge in [0.25, 0.3) is 5.91 Å². The molecule has 0 aromatic heterocycles. The van der Waals surface area contributed by atoms with Crippen LogP contribution >= 0.6 is 0 Å². The van der Waals surface area contributed by atoms with Gasteiger partial charge in [-0.3, -0.25) is 14.5 Å². The van der Waals surface area contributed by atoms with Gasteiger partial charge in [-0.1, -0.05) is 18.2 Å². The first kappa shape index (κ1) is 20.8. The van der Waals surface area contributed by atoms with Crippen molar-refractivity contribution in [2.24, 2.45) is 5.73 Å². The minimum atomic E-state index is -0.540. The van der Waals surface area contributed by atoms with Gasteiger partial charge in [0.2, 0.25) is 5.91 Å². The van der Waals surface area contributed by atoms with Gasteiger partial charge in [0.05, 0.1) is 0 Å². The molecule has 29 heavy (non-hydrogen) atoms. The zero-order valence-corrected chi connectivity index (χ0v) is 16.7. The predicted molar refractivity (Wildman–Crippen MR) is 108 cm³/mol. The maximum atomic E-state index is 13.1. The van der Waals surface area contributed by atoms with Crippen LogP contribution in [0.25, 0.3) is 0 Å². The van der Waals surface area contributed by atoms with Gasteiger partial charge in [-0.25, -0.2) is 4.39 Å². The molecule has 1 heterocycles. The van der Waals surface area contributed by atoms with Crippen LogP contribution in [0.4, 0.5) is 4.39 Å². The summed E-state index contributed by atoms with van der Waals surface area (Å²) in [6.45, 7) is 6.01. The quantitative estimate of drug-likeness (QED) is 0.810. The molecule has 1 aliphatic heterocycles. The smallest absolute Gasteiger partial charge is 0.260 e. The molecule has 7 heteroatoms. The van der Waals surface area contributed by atoms with Crippen LogP contribution in [0, 0.1) is 5.82 Å². The van der Waals surface area contributed by atoms with Crippen molar-refractivity contribution < 1.29 is 18.7 Å². The average Bonchev–Trinajstić information content (AvgIpc) is 2.70. The van der Waals surface area contributed by atoms with Crippen LogP contribution < -0.4 is 10.5 Å². The van der Waals surface area contributed by atoms with Crippen molar-refractivity contribution in [3.63, 3.8) is 0 Å². The number of hydrogen-bond donors (Lipinski definition) is 1. The highest BCUT2D eigenvalue weighted by Gasteiger charge is 2.32. The van der Waals surface area contributed by atoms with Gasteiger partial charge in [0, 0.05) is 37.3 Å². The summed E-state index contributed by atoms with van der Waals surface area (Å²) in [7, 11) is 0. The van der Waals surface area contributed by atoms with Gasteiger partial charge in [-0.15, -0.1) is 0 Å². The second-order valence-corrected chi connectivity index (χ2v) is 7.48. The molecule has 154 valence electrons. The molecule has 2 N–H and O–H groups in total. The molecule has 2 aromatic carbocycles. The number of carbonyl (C=O) groups excluding carboxylic acids is 2. The number of amides is 2. The Labute approximate surface area is 170 Å². The van der Waals surface area contributed by atoms with Crippen molar-refractivity contribution in [3.05, 3.63) is 65.5 Å². The van der Waals surface area contributed by atoms with Crippen molar-refractivity contribution in [2.45, 2.75) is 32.5 Å². The van der Waals surface area contributed by atoms with E-state index in [2.05, 4.69) is 11.8 Å². The zero-order valence-electron chi connectivity index (χ0n) is 16.7. The number of rotatable bonds is 6. The summed E-state index contributed by atoms with van der Waals surface area (Å²) in [4.78, 5) is 28.1. The Morgan fingerprint density at radius 1 is 1.10 bits per heavy atom. The first-order valence-corrected chi connectivity index (χ1v) is 9.64. The molecule has 1 aliphatic rings. The molecule has 0 radical (unpaired) electrons. The summed E-state index contributed by atoms with van der Waals surface area (Å²) in [5.74, 6) is -0.450. The fourth-order valence-electron chi connectivity index (χ4n) is 3.56. The number of nitrogens with zero attached hydrogens (tertiary/aromatic N) is 2. The molecule has 6 nitrogen and oxygen atoms in total. The molecule has 1 fully saturated rings. The monoisotopic (exact) mass is 399 g/mol. The van der Waals surface area contributed by atoms with Gasteiger partial charge >= 0.3 is 0 Å². The maximum Gasteiger partial charge on any atom is 0.260 e. The summed E-state index contributed by atoms with van der Waals surface area (Å²) >= 11 is 0. The topological polar surface area (TPSA) is 75.9 Å². The predicted octanol–water partition coefficient (Wildman–Crippen LogP) is 2.42. The lowest BCUT2D eigenvalue weighted by Gasteiger charge is -2.44. The highest BCUT2D eigenvalue weighted by Crippen LogP contribution is 2.19. The fraction of sp³-hybridized carbons (Fsp3) is 0.364. The van der Waals surface area contributed by atoms with E-state index in [-0.39, 0.29) is 30.4 Å². The van der Waals surface area contributed by atoms with Crippen LogP contribution in [0.2, 0.25) is 0 Å². The van der Waals surface area contributed by atoms with Crippen LogP contribution in [0.3, 0.4) is 0 Å². The highest BCUT2D eigenvalue weighted by atomic mass is 19.1. The number of ether oxygens (including phenoxy) is 1. The molecule has 0 spiro atoms.